The number of hydrogen-bond donors (Lipinski definition) is 1. The van der Waals surface area contributed by atoms with E-state index in [0.717, 1.165) is 22.6 Å². The highest BCUT2D eigenvalue weighted by molar-refractivity contribution is 6.31. The first-order valence-corrected chi connectivity index (χ1v) is 11.2. The van der Waals surface area contributed by atoms with Gasteiger partial charge in [0.1, 0.15) is 5.75 Å². The van der Waals surface area contributed by atoms with Crippen molar-refractivity contribution >= 4 is 23.4 Å². The quantitative estimate of drug-likeness (QED) is 0.528. The van der Waals surface area contributed by atoms with Gasteiger partial charge < -0.3 is 15.0 Å². The Bertz CT molecular complexity index is 1140. The molecule has 0 bridgehead atoms. The van der Waals surface area contributed by atoms with Crippen LogP contribution in [0, 0.1) is 13.8 Å². The van der Waals surface area contributed by atoms with Crippen molar-refractivity contribution in [3.8, 4) is 11.4 Å². The first kappa shape index (κ1) is 24.3. The number of amides is 2. The molecule has 2 amide bonds. The number of rotatable bonds is 8. The van der Waals surface area contributed by atoms with Crippen LogP contribution in [0.25, 0.3) is 5.69 Å². The van der Waals surface area contributed by atoms with Gasteiger partial charge in [0.2, 0.25) is 0 Å². The third-order valence-corrected chi connectivity index (χ3v) is 5.98. The summed E-state index contributed by atoms with van der Waals surface area (Å²) in [5.74, 6) is 0.251. The van der Waals surface area contributed by atoms with Crippen LogP contribution in [0.4, 0.5) is 0 Å². The summed E-state index contributed by atoms with van der Waals surface area (Å²) < 4.78 is 7.52. The molecule has 8 heteroatoms. The lowest BCUT2D eigenvalue weighted by molar-refractivity contribution is -0.130. The topological polar surface area (TPSA) is 76.5 Å². The summed E-state index contributed by atoms with van der Waals surface area (Å²) in [4.78, 5) is 26.4. The van der Waals surface area contributed by atoms with Gasteiger partial charge in [-0.15, -0.1) is 0 Å². The number of aromatic nitrogens is 2. The minimum Gasteiger partial charge on any atom is -0.483 e. The van der Waals surface area contributed by atoms with E-state index in [1.54, 1.807) is 37.0 Å². The summed E-state index contributed by atoms with van der Waals surface area (Å²) in [6, 6.07) is 14.4. The molecule has 0 radical (unpaired) electrons. The Labute approximate surface area is 199 Å². The second-order valence-electron chi connectivity index (χ2n) is 7.99. The van der Waals surface area contributed by atoms with Gasteiger partial charge in [-0.3, -0.25) is 9.59 Å². The van der Waals surface area contributed by atoms with Crippen LogP contribution in [0.15, 0.2) is 48.5 Å². The maximum atomic E-state index is 13.0. The number of likely N-dealkylation sites (N-methyl/N-ethyl adjacent to an activating group) is 1. The highest BCUT2D eigenvalue weighted by Gasteiger charge is 2.19. The standard InChI is InChI=1S/C25H29ClN4O3/c1-6-21(20-9-7-8-10-22(20)33-15-23(31)29(4)5)27-25(32)18-11-13-19(14-12-18)30-17(3)24(26)16(2)28-30/h7-14,21H,6,15H2,1-5H3,(H,27,32). The molecule has 174 valence electrons. The summed E-state index contributed by atoms with van der Waals surface area (Å²) in [5, 5.41) is 8.16. The Hall–Kier alpha value is -3.32. The largest absolute Gasteiger partial charge is 0.483 e. The zero-order chi connectivity index (χ0) is 24.1. The van der Waals surface area contributed by atoms with Crippen molar-refractivity contribution in [2.75, 3.05) is 20.7 Å². The van der Waals surface area contributed by atoms with Gasteiger partial charge in [-0.25, -0.2) is 4.68 Å². The molecule has 0 aliphatic rings. The van der Waals surface area contributed by atoms with Crippen LogP contribution in [0.1, 0.15) is 46.7 Å². The number of hydrogen-bond acceptors (Lipinski definition) is 4. The lowest BCUT2D eigenvalue weighted by Gasteiger charge is -2.21. The molecule has 1 unspecified atom stereocenters. The Morgan fingerprint density at radius 1 is 1.12 bits per heavy atom. The van der Waals surface area contributed by atoms with Gasteiger partial charge in [-0.2, -0.15) is 5.10 Å². The van der Waals surface area contributed by atoms with Gasteiger partial charge in [0.25, 0.3) is 11.8 Å². The lowest BCUT2D eigenvalue weighted by atomic mass is 10.0. The lowest BCUT2D eigenvalue weighted by Crippen LogP contribution is -2.30. The van der Waals surface area contributed by atoms with Crippen molar-refractivity contribution in [3.05, 3.63) is 76.1 Å². The SMILES string of the molecule is CCC(NC(=O)c1ccc(-n2nc(C)c(Cl)c2C)cc1)c1ccccc1OCC(=O)N(C)C. The Kier molecular flexibility index (Phi) is 7.76. The molecular weight excluding hydrogens is 440 g/mol. The number of para-hydroxylation sites is 1. The third kappa shape index (κ3) is 5.54. The fourth-order valence-corrected chi connectivity index (χ4v) is 3.56. The molecule has 0 spiro atoms. The second-order valence-corrected chi connectivity index (χ2v) is 8.37. The molecule has 0 saturated carbocycles. The van der Waals surface area contributed by atoms with Gasteiger partial charge in [-0.1, -0.05) is 36.7 Å². The van der Waals surface area contributed by atoms with Crippen LogP contribution in [-0.2, 0) is 4.79 Å². The number of halogens is 1. The van der Waals surface area contributed by atoms with Gasteiger partial charge >= 0.3 is 0 Å². The van der Waals surface area contributed by atoms with E-state index in [1.165, 1.54) is 4.90 Å². The molecule has 0 aliphatic heterocycles. The van der Waals surface area contributed by atoms with E-state index in [1.807, 2.05) is 51.1 Å². The Morgan fingerprint density at radius 3 is 2.36 bits per heavy atom. The highest BCUT2D eigenvalue weighted by atomic mass is 35.5. The van der Waals surface area contributed by atoms with E-state index in [0.29, 0.717) is 22.8 Å². The van der Waals surface area contributed by atoms with Gasteiger partial charge in [0.05, 0.1) is 28.1 Å². The number of nitrogens with one attached hydrogen (secondary N) is 1. The molecule has 7 nitrogen and oxygen atoms in total. The summed E-state index contributed by atoms with van der Waals surface area (Å²) in [6.45, 7) is 5.69. The minimum absolute atomic E-state index is 0.0633. The molecule has 1 N–H and O–H groups in total. The zero-order valence-corrected chi connectivity index (χ0v) is 20.3. The van der Waals surface area contributed by atoms with E-state index in [2.05, 4.69) is 10.4 Å². The molecule has 2 aromatic carbocycles. The zero-order valence-electron chi connectivity index (χ0n) is 19.6. The summed E-state index contributed by atoms with van der Waals surface area (Å²) >= 11 is 6.25. The molecule has 0 fully saturated rings. The van der Waals surface area contributed by atoms with E-state index >= 15 is 0 Å². The maximum Gasteiger partial charge on any atom is 0.259 e. The van der Waals surface area contributed by atoms with Crippen LogP contribution < -0.4 is 10.1 Å². The Balaban J connectivity index is 1.75. The number of carbonyl (C=O) groups is 2. The van der Waals surface area contributed by atoms with E-state index < -0.39 is 0 Å². The number of nitrogens with zero attached hydrogens (tertiary/aromatic N) is 3. The van der Waals surface area contributed by atoms with Crippen LogP contribution in [-0.4, -0.2) is 47.2 Å². The number of benzene rings is 2. The first-order valence-electron chi connectivity index (χ1n) is 10.8. The van der Waals surface area contributed by atoms with Crippen molar-refractivity contribution in [2.45, 2.75) is 33.2 Å². The minimum atomic E-state index is -0.266. The summed E-state index contributed by atoms with van der Waals surface area (Å²) in [6.07, 6.45) is 0.663. The molecule has 33 heavy (non-hydrogen) atoms. The van der Waals surface area contributed by atoms with Crippen molar-refractivity contribution in [2.24, 2.45) is 0 Å². The molecule has 3 aromatic rings. The van der Waals surface area contributed by atoms with Crippen LogP contribution >= 0.6 is 11.6 Å². The predicted octanol–water partition coefficient (Wildman–Crippen LogP) is 4.49. The number of carbonyl (C=O) groups excluding carboxylic acids is 2. The third-order valence-electron chi connectivity index (χ3n) is 5.44. The van der Waals surface area contributed by atoms with E-state index in [4.69, 9.17) is 16.3 Å². The van der Waals surface area contributed by atoms with E-state index in [-0.39, 0.29) is 24.5 Å². The van der Waals surface area contributed by atoms with Gasteiger partial charge in [-0.05, 0) is 50.6 Å². The monoisotopic (exact) mass is 468 g/mol. The summed E-state index contributed by atoms with van der Waals surface area (Å²) in [7, 11) is 3.36. The van der Waals surface area contributed by atoms with Gasteiger partial charge in [0.15, 0.2) is 6.61 Å². The summed E-state index contributed by atoms with van der Waals surface area (Å²) in [5.41, 5.74) is 3.80. The smallest absolute Gasteiger partial charge is 0.259 e. The van der Waals surface area contributed by atoms with Gasteiger partial charge in [0, 0.05) is 25.2 Å². The number of aryl methyl sites for hydroxylation is 1. The molecule has 0 saturated heterocycles. The molecular formula is C25H29ClN4O3. The fourth-order valence-electron chi connectivity index (χ4n) is 3.44. The molecule has 0 aliphatic carbocycles. The molecule has 1 heterocycles. The van der Waals surface area contributed by atoms with Crippen LogP contribution in [0.5, 0.6) is 5.75 Å². The average molecular weight is 469 g/mol. The van der Waals surface area contributed by atoms with Crippen molar-refractivity contribution < 1.29 is 14.3 Å². The normalized spacial score (nSPS) is 11.7. The molecule has 3 rings (SSSR count). The van der Waals surface area contributed by atoms with E-state index in [9.17, 15) is 9.59 Å². The number of ether oxygens (including phenoxy) is 1. The maximum absolute atomic E-state index is 13.0. The highest BCUT2D eigenvalue weighted by Crippen LogP contribution is 2.28. The predicted molar refractivity (Wildman–Crippen MR) is 129 cm³/mol. The van der Waals surface area contributed by atoms with Crippen LogP contribution in [0.2, 0.25) is 5.02 Å². The molecule has 1 atom stereocenters. The van der Waals surface area contributed by atoms with Crippen molar-refractivity contribution in [3.63, 3.8) is 0 Å². The van der Waals surface area contributed by atoms with Crippen molar-refractivity contribution in [1.82, 2.24) is 20.0 Å². The fraction of sp³-hybridized carbons (Fsp3) is 0.320. The van der Waals surface area contributed by atoms with Crippen molar-refractivity contribution in [1.29, 1.82) is 0 Å². The average Bonchev–Trinajstić information content (AvgIpc) is 3.08. The second kappa shape index (κ2) is 10.5. The molecule has 1 aromatic heterocycles. The Morgan fingerprint density at radius 2 is 1.79 bits per heavy atom. The first-order chi connectivity index (χ1) is 15.7. The van der Waals surface area contributed by atoms with Crippen LogP contribution in [0.3, 0.4) is 0 Å².